The van der Waals surface area contributed by atoms with E-state index >= 15 is 0 Å². The standard InChI is InChI=1S/C17H25N3O4/c1-4-23-14-8-12-6-7-20(11(3)16(21)19-17(18)22)10-13(12)9-15(14)24-5-2/h8-9,11H,4-7,10H2,1-3H3,(H3,18,19,21,22)/p+1/t11-/m1/s1. The zero-order valence-corrected chi connectivity index (χ0v) is 14.5. The predicted molar refractivity (Wildman–Crippen MR) is 89.2 cm³/mol. The van der Waals surface area contributed by atoms with E-state index in [0.717, 1.165) is 34.9 Å². The molecule has 0 saturated heterocycles. The Bertz CT molecular complexity index is 618. The number of primary amides is 1. The summed E-state index contributed by atoms with van der Waals surface area (Å²) in [5.41, 5.74) is 7.38. The quantitative estimate of drug-likeness (QED) is 0.682. The average molecular weight is 336 g/mol. The van der Waals surface area contributed by atoms with Crippen LogP contribution in [0.5, 0.6) is 11.5 Å². The van der Waals surface area contributed by atoms with E-state index in [0.29, 0.717) is 19.8 Å². The molecular weight excluding hydrogens is 310 g/mol. The number of hydrogen-bond acceptors (Lipinski definition) is 4. The van der Waals surface area contributed by atoms with E-state index in [9.17, 15) is 9.59 Å². The summed E-state index contributed by atoms with van der Waals surface area (Å²) in [4.78, 5) is 23.9. The molecule has 0 saturated carbocycles. The molecule has 132 valence electrons. The van der Waals surface area contributed by atoms with Crippen LogP contribution >= 0.6 is 0 Å². The van der Waals surface area contributed by atoms with Gasteiger partial charge in [0.1, 0.15) is 6.54 Å². The van der Waals surface area contributed by atoms with Crippen LogP contribution in [0.3, 0.4) is 0 Å². The van der Waals surface area contributed by atoms with Crippen LogP contribution in [0.4, 0.5) is 4.79 Å². The molecule has 0 fully saturated rings. The Morgan fingerprint density at radius 3 is 2.33 bits per heavy atom. The molecule has 0 aromatic heterocycles. The zero-order chi connectivity index (χ0) is 17.7. The number of ether oxygens (including phenoxy) is 2. The van der Waals surface area contributed by atoms with E-state index in [4.69, 9.17) is 15.2 Å². The van der Waals surface area contributed by atoms with Gasteiger partial charge in [0.05, 0.1) is 19.8 Å². The smallest absolute Gasteiger partial charge is 0.319 e. The average Bonchev–Trinajstić information content (AvgIpc) is 2.54. The van der Waals surface area contributed by atoms with Gasteiger partial charge in [0, 0.05) is 12.0 Å². The van der Waals surface area contributed by atoms with Gasteiger partial charge in [-0.2, -0.15) is 0 Å². The molecule has 1 aliphatic rings. The third kappa shape index (κ3) is 4.17. The molecule has 2 rings (SSSR count). The van der Waals surface area contributed by atoms with Gasteiger partial charge in [-0.1, -0.05) is 0 Å². The lowest BCUT2D eigenvalue weighted by atomic mass is 9.97. The lowest BCUT2D eigenvalue weighted by molar-refractivity contribution is -0.929. The second-order valence-corrected chi connectivity index (χ2v) is 5.84. The highest BCUT2D eigenvalue weighted by Crippen LogP contribution is 2.32. The van der Waals surface area contributed by atoms with Crippen LogP contribution < -0.4 is 25.4 Å². The first-order valence-electron chi connectivity index (χ1n) is 8.32. The highest BCUT2D eigenvalue weighted by Gasteiger charge is 2.30. The number of fused-ring (bicyclic) bond motifs is 1. The highest BCUT2D eigenvalue weighted by atomic mass is 16.5. The van der Waals surface area contributed by atoms with Crippen LogP contribution in [0, 0.1) is 0 Å². The van der Waals surface area contributed by atoms with Crippen molar-refractivity contribution in [3.63, 3.8) is 0 Å². The lowest BCUT2D eigenvalue weighted by Gasteiger charge is -2.30. The molecule has 0 bridgehead atoms. The first-order valence-corrected chi connectivity index (χ1v) is 8.32. The van der Waals surface area contributed by atoms with Crippen molar-refractivity contribution in [2.75, 3.05) is 19.8 Å². The highest BCUT2D eigenvalue weighted by molar-refractivity contribution is 5.95. The Hall–Kier alpha value is -2.28. The summed E-state index contributed by atoms with van der Waals surface area (Å²) in [5, 5.41) is 2.16. The summed E-state index contributed by atoms with van der Waals surface area (Å²) < 4.78 is 11.3. The molecule has 4 N–H and O–H groups in total. The largest absolute Gasteiger partial charge is 0.490 e. The number of rotatable bonds is 6. The number of benzene rings is 1. The fourth-order valence-electron chi connectivity index (χ4n) is 2.99. The van der Waals surface area contributed by atoms with Crippen molar-refractivity contribution >= 4 is 11.9 Å². The van der Waals surface area contributed by atoms with Crippen molar-refractivity contribution in [3.05, 3.63) is 23.3 Å². The first kappa shape index (κ1) is 18.1. The summed E-state index contributed by atoms with van der Waals surface area (Å²) in [5.74, 6) is 1.14. The Morgan fingerprint density at radius 2 is 1.79 bits per heavy atom. The van der Waals surface area contributed by atoms with Crippen LogP contribution in [0.1, 0.15) is 31.9 Å². The van der Waals surface area contributed by atoms with Gasteiger partial charge in [-0.3, -0.25) is 10.1 Å². The number of urea groups is 1. The minimum Gasteiger partial charge on any atom is -0.490 e. The normalized spacial score (nSPS) is 17.5. The van der Waals surface area contributed by atoms with E-state index < -0.39 is 6.03 Å². The Labute approximate surface area is 142 Å². The summed E-state index contributed by atoms with van der Waals surface area (Å²) in [6.45, 7) is 8.32. The number of imide groups is 1. The number of nitrogens with one attached hydrogen (secondary N) is 2. The Kier molecular flexibility index (Phi) is 6.03. The number of nitrogens with two attached hydrogens (primary N) is 1. The molecule has 1 heterocycles. The van der Waals surface area contributed by atoms with E-state index in [1.165, 1.54) is 5.56 Å². The van der Waals surface area contributed by atoms with Crippen LogP contribution in [0.15, 0.2) is 12.1 Å². The Balaban J connectivity index is 2.18. The molecule has 1 aromatic rings. The molecule has 1 aliphatic heterocycles. The van der Waals surface area contributed by atoms with Gasteiger partial charge in [-0.05, 0) is 38.5 Å². The van der Waals surface area contributed by atoms with E-state index in [-0.39, 0.29) is 11.9 Å². The molecule has 0 spiro atoms. The van der Waals surface area contributed by atoms with Gasteiger partial charge in [0.2, 0.25) is 0 Å². The number of carbonyl (C=O) groups is 2. The number of amides is 3. The van der Waals surface area contributed by atoms with Crippen molar-refractivity contribution in [3.8, 4) is 11.5 Å². The molecule has 1 aromatic carbocycles. The van der Waals surface area contributed by atoms with Gasteiger partial charge >= 0.3 is 6.03 Å². The van der Waals surface area contributed by atoms with Crippen molar-refractivity contribution < 1.29 is 24.0 Å². The third-order valence-electron chi connectivity index (χ3n) is 4.25. The number of carbonyl (C=O) groups excluding carboxylic acids is 2. The lowest BCUT2D eigenvalue weighted by Crippen LogP contribution is -3.16. The van der Waals surface area contributed by atoms with E-state index in [1.54, 1.807) is 6.92 Å². The maximum Gasteiger partial charge on any atom is 0.319 e. The second-order valence-electron chi connectivity index (χ2n) is 5.84. The summed E-state index contributed by atoms with van der Waals surface area (Å²) in [6.07, 6.45) is 0.839. The fourth-order valence-corrected chi connectivity index (χ4v) is 2.99. The summed E-state index contributed by atoms with van der Waals surface area (Å²) in [7, 11) is 0. The SMILES string of the molecule is CCOc1cc2c(cc1OCC)C[NH+]([C@H](C)C(=O)NC(N)=O)CC2. The van der Waals surface area contributed by atoms with Gasteiger partial charge < -0.3 is 20.1 Å². The minimum absolute atomic E-state index is 0.350. The molecule has 1 unspecified atom stereocenters. The van der Waals surface area contributed by atoms with Crippen molar-refractivity contribution in [1.82, 2.24) is 5.32 Å². The number of quaternary nitrogens is 1. The van der Waals surface area contributed by atoms with E-state index in [1.807, 2.05) is 26.0 Å². The topological polar surface area (TPSA) is 95.1 Å². The molecule has 3 amide bonds. The summed E-state index contributed by atoms with van der Waals surface area (Å²) in [6, 6.07) is 2.87. The molecule has 24 heavy (non-hydrogen) atoms. The maximum atomic E-state index is 12.0. The van der Waals surface area contributed by atoms with Crippen molar-refractivity contribution in [2.45, 2.75) is 39.8 Å². The molecule has 2 atom stereocenters. The molecule has 0 aliphatic carbocycles. The van der Waals surface area contributed by atoms with Crippen LogP contribution in [0.2, 0.25) is 0 Å². The molecular formula is C17H26N3O4+. The van der Waals surface area contributed by atoms with Crippen LogP contribution in [-0.2, 0) is 17.8 Å². The van der Waals surface area contributed by atoms with Gasteiger partial charge in [0.25, 0.3) is 5.91 Å². The first-order chi connectivity index (χ1) is 11.5. The molecule has 0 radical (unpaired) electrons. The summed E-state index contributed by atoms with van der Waals surface area (Å²) >= 11 is 0. The third-order valence-corrected chi connectivity index (χ3v) is 4.25. The second kappa shape index (κ2) is 8.01. The Morgan fingerprint density at radius 1 is 1.21 bits per heavy atom. The van der Waals surface area contributed by atoms with Gasteiger partial charge in [-0.15, -0.1) is 0 Å². The minimum atomic E-state index is -0.816. The van der Waals surface area contributed by atoms with E-state index in [2.05, 4.69) is 5.32 Å². The fraction of sp³-hybridized carbons (Fsp3) is 0.529. The van der Waals surface area contributed by atoms with Crippen molar-refractivity contribution in [2.24, 2.45) is 5.73 Å². The van der Waals surface area contributed by atoms with Gasteiger partial charge in [-0.25, -0.2) is 4.79 Å². The van der Waals surface area contributed by atoms with Crippen molar-refractivity contribution in [1.29, 1.82) is 0 Å². The molecule has 7 heteroatoms. The maximum absolute atomic E-state index is 12.0. The van der Waals surface area contributed by atoms with Crippen LogP contribution in [-0.4, -0.2) is 37.7 Å². The zero-order valence-electron chi connectivity index (χ0n) is 14.5. The molecule has 7 nitrogen and oxygen atoms in total. The van der Waals surface area contributed by atoms with Gasteiger partial charge in [0.15, 0.2) is 17.5 Å². The number of hydrogen-bond donors (Lipinski definition) is 3. The monoisotopic (exact) mass is 336 g/mol. The predicted octanol–water partition coefficient (Wildman–Crippen LogP) is 0.00840. The van der Waals surface area contributed by atoms with Crippen LogP contribution in [0.25, 0.3) is 0 Å².